The van der Waals surface area contributed by atoms with E-state index in [9.17, 15) is 15.0 Å². The minimum atomic E-state index is -0.239. The van der Waals surface area contributed by atoms with Crippen LogP contribution in [-0.4, -0.2) is 16.0 Å². The largest absolute Gasteiger partial charge is 0.507 e. The van der Waals surface area contributed by atoms with Crippen molar-refractivity contribution in [1.82, 2.24) is 0 Å². The van der Waals surface area contributed by atoms with E-state index in [-0.39, 0.29) is 22.8 Å². The molecule has 0 saturated heterocycles. The Balaban J connectivity index is 1.81. The zero-order valence-corrected chi connectivity index (χ0v) is 12.2. The number of hydrogen-bond donors (Lipinski definition) is 3. The summed E-state index contributed by atoms with van der Waals surface area (Å²) in [5, 5.41) is 22.6. The maximum atomic E-state index is 12.4. The van der Waals surface area contributed by atoms with Crippen LogP contribution in [0.15, 0.2) is 72.8 Å². The van der Waals surface area contributed by atoms with Gasteiger partial charge in [-0.2, -0.15) is 0 Å². The highest BCUT2D eigenvalue weighted by Gasteiger charge is 2.12. The van der Waals surface area contributed by atoms with Crippen LogP contribution < -0.4 is 5.32 Å². The lowest BCUT2D eigenvalue weighted by atomic mass is 10.0. The van der Waals surface area contributed by atoms with E-state index in [4.69, 9.17) is 0 Å². The van der Waals surface area contributed by atoms with E-state index in [2.05, 4.69) is 5.32 Å². The van der Waals surface area contributed by atoms with Crippen LogP contribution in [0.25, 0.3) is 0 Å². The number of carbonyl (C=O) groups excluding carboxylic acids is 1. The first-order chi connectivity index (χ1) is 11.1. The maximum absolute atomic E-state index is 12.4. The molecule has 0 radical (unpaired) electrons. The molecule has 0 bridgehead atoms. The average molecular weight is 305 g/mol. The number of anilines is 2. The van der Waals surface area contributed by atoms with Crippen molar-refractivity contribution < 1.29 is 15.0 Å². The van der Waals surface area contributed by atoms with Crippen molar-refractivity contribution in [2.45, 2.75) is 0 Å². The Morgan fingerprint density at radius 2 is 1.35 bits per heavy atom. The van der Waals surface area contributed by atoms with Gasteiger partial charge in [0, 0.05) is 11.3 Å². The Labute approximate surface area is 133 Å². The summed E-state index contributed by atoms with van der Waals surface area (Å²) in [6.45, 7) is 0. The lowest BCUT2D eigenvalue weighted by Crippen LogP contribution is -2.01. The highest BCUT2D eigenvalue weighted by molar-refractivity contribution is 6.10. The van der Waals surface area contributed by atoms with Crippen LogP contribution in [0.4, 0.5) is 11.4 Å². The number of benzene rings is 3. The van der Waals surface area contributed by atoms with Crippen molar-refractivity contribution in [1.29, 1.82) is 0 Å². The minimum Gasteiger partial charge on any atom is -0.507 e. The fraction of sp³-hybridized carbons (Fsp3) is 0. The minimum absolute atomic E-state index is 0.0334. The van der Waals surface area contributed by atoms with Gasteiger partial charge >= 0.3 is 0 Å². The van der Waals surface area contributed by atoms with Crippen molar-refractivity contribution >= 4 is 17.2 Å². The van der Waals surface area contributed by atoms with E-state index in [0.717, 1.165) is 5.69 Å². The first-order valence-corrected chi connectivity index (χ1v) is 7.13. The van der Waals surface area contributed by atoms with E-state index in [1.165, 1.54) is 6.07 Å². The van der Waals surface area contributed by atoms with Crippen molar-refractivity contribution in [2.24, 2.45) is 0 Å². The summed E-state index contributed by atoms with van der Waals surface area (Å²) in [7, 11) is 0. The summed E-state index contributed by atoms with van der Waals surface area (Å²) in [6, 6.07) is 20.2. The molecule has 0 spiro atoms. The second-order valence-corrected chi connectivity index (χ2v) is 5.07. The molecule has 114 valence electrons. The Kier molecular flexibility index (Phi) is 3.97. The zero-order valence-electron chi connectivity index (χ0n) is 12.2. The first-order valence-electron chi connectivity index (χ1n) is 7.13. The van der Waals surface area contributed by atoms with E-state index in [0.29, 0.717) is 11.3 Å². The molecule has 0 aromatic heterocycles. The van der Waals surface area contributed by atoms with E-state index in [1.54, 1.807) is 60.7 Å². The van der Waals surface area contributed by atoms with Crippen LogP contribution >= 0.6 is 0 Å². The Morgan fingerprint density at radius 3 is 2.00 bits per heavy atom. The van der Waals surface area contributed by atoms with Gasteiger partial charge in [0.1, 0.15) is 11.5 Å². The molecule has 0 amide bonds. The SMILES string of the molecule is O=C(c1ccc(Nc2ccccc2O)cc1)c1ccccc1O. The van der Waals surface area contributed by atoms with Crippen LogP contribution in [0, 0.1) is 0 Å². The Hall–Kier alpha value is -3.27. The number of phenols is 2. The Morgan fingerprint density at radius 1 is 0.739 bits per heavy atom. The predicted molar refractivity (Wildman–Crippen MR) is 89.4 cm³/mol. The lowest BCUT2D eigenvalue weighted by molar-refractivity contribution is 0.103. The number of para-hydroxylation sites is 3. The molecule has 3 N–H and O–H groups in total. The average Bonchev–Trinajstić information content (AvgIpc) is 2.57. The normalized spacial score (nSPS) is 10.3. The van der Waals surface area contributed by atoms with Crippen molar-refractivity contribution in [3.05, 3.63) is 83.9 Å². The van der Waals surface area contributed by atoms with Crippen LogP contribution in [0.1, 0.15) is 15.9 Å². The van der Waals surface area contributed by atoms with Gasteiger partial charge in [-0.25, -0.2) is 0 Å². The van der Waals surface area contributed by atoms with E-state index >= 15 is 0 Å². The third-order valence-electron chi connectivity index (χ3n) is 3.48. The molecular weight excluding hydrogens is 290 g/mol. The third kappa shape index (κ3) is 3.16. The van der Waals surface area contributed by atoms with Gasteiger partial charge in [-0.05, 0) is 48.5 Å². The van der Waals surface area contributed by atoms with Gasteiger partial charge in [0.25, 0.3) is 0 Å². The number of nitrogens with one attached hydrogen (secondary N) is 1. The standard InChI is InChI=1S/C19H15NO3/c21-17-7-3-1-5-15(17)19(23)13-9-11-14(12-10-13)20-16-6-2-4-8-18(16)22/h1-12,20-22H. The Bertz CT molecular complexity index is 841. The molecule has 0 fully saturated rings. The van der Waals surface area contributed by atoms with Gasteiger partial charge < -0.3 is 15.5 Å². The first kappa shape index (κ1) is 14.7. The second kappa shape index (κ2) is 6.23. The molecule has 3 aromatic carbocycles. The summed E-state index contributed by atoms with van der Waals surface area (Å²) in [6.07, 6.45) is 0. The summed E-state index contributed by atoms with van der Waals surface area (Å²) < 4.78 is 0. The number of aromatic hydroxyl groups is 2. The number of carbonyl (C=O) groups is 1. The molecule has 3 rings (SSSR count). The van der Waals surface area contributed by atoms with Crippen LogP contribution in [0.2, 0.25) is 0 Å². The van der Waals surface area contributed by atoms with Gasteiger partial charge in [-0.1, -0.05) is 24.3 Å². The number of hydrogen-bond acceptors (Lipinski definition) is 4. The highest BCUT2D eigenvalue weighted by atomic mass is 16.3. The highest BCUT2D eigenvalue weighted by Crippen LogP contribution is 2.26. The smallest absolute Gasteiger partial charge is 0.196 e. The van der Waals surface area contributed by atoms with E-state index in [1.807, 2.05) is 6.07 Å². The quantitative estimate of drug-likeness (QED) is 0.502. The molecule has 23 heavy (non-hydrogen) atoms. The van der Waals surface area contributed by atoms with Crippen molar-refractivity contribution in [3.8, 4) is 11.5 Å². The topological polar surface area (TPSA) is 69.6 Å². The van der Waals surface area contributed by atoms with Crippen LogP contribution in [0.3, 0.4) is 0 Å². The third-order valence-corrected chi connectivity index (χ3v) is 3.48. The molecule has 4 nitrogen and oxygen atoms in total. The fourth-order valence-electron chi connectivity index (χ4n) is 2.26. The van der Waals surface area contributed by atoms with Gasteiger partial charge in [-0.3, -0.25) is 4.79 Å². The number of phenolic OH excluding ortho intramolecular Hbond substituents is 2. The summed E-state index contributed by atoms with van der Waals surface area (Å²) in [4.78, 5) is 12.4. The molecule has 0 unspecified atom stereocenters. The summed E-state index contributed by atoms with van der Waals surface area (Å²) in [5.41, 5.74) is 2.09. The van der Waals surface area contributed by atoms with Gasteiger partial charge in [0.05, 0.1) is 11.3 Å². The van der Waals surface area contributed by atoms with Crippen LogP contribution in [0.5, 0.6) is 11.5 Å². The molecule has 0 atom stereocenters. The zero-order chi connectivity index (χ0) is 16.2. The van der Waals surface area contributed by atoms with Crippen LogP contribution in [-0.2, 0) is 0 Å². The molecule has 3 aromatic rings. The fourth-order valence-corrected chi connectivity index (χ4v) is 2.26. The maximum Gasteiger partial charge on any atom is 0.196 e. The molecule has 0 saturated carbocycles. The summed E-state index contributed by atoms with van der Waals surface area (Å²) >= 11 is 0. The molecule has 0 aliphatic heterocycles. The second-order valence-electron chi connectivity index (χ2n) is 5.07. The monoisotopic (exact) mass is 305 g/mol. The van der Waals surface area contributed by atoms with E-state index < -0.39 is 0 Å². The number of ketones is 1. The molecular formula is C19H15NO3. The molecule has 4 heteroatoms. The lowest BCUT2D eigenvalue weighted by Gasteiger charge is -2.09. The van der Waals surface area contributed by atoms with Crippen molar-refractivity contribution in [2.75, 3.05) is 5.32 Å². The van der Waals surface area contributed by atoms with Crippen molar-refractivity contribution in [3.63, 3.8) is 0 Å². The van der Waals surface area contributed by atoms with Gasteiger partial charge in [0.2, 0.25) is 0 Å². The molecule has 0 aliphatic carbocycles. The predicted octanol–water partition coefficient (Wildman–Crippen LogP) is 4.07. The summed E-state index contributed by atoms with van der Waals surface area (Å²) in [5.74, 6) is -0.118. The number of rotatable bonds is 4. The molecule has 0 aliphatic rings. The molecule has 0 heterocycles. The van der Waals surface area contributed by atoms with Gasteiger partial charge in [0.15, 0.2) is 5.78 Å². The van der Waals surface area contributed by atoms with Gasteiger partial charge in [-0.15, -0.1) is 0 Å².